The lowest BCUT2D eigenvalue weighted by atomic mass is 9.98. The number of hydrogen-bond acceptors (Lipinski definition) is 2. The van der Waals surface area contributed by atoms with Gasteiger partial charge in [-0.1, -0.05) is 26.8 Å². The monoisotopic (exact) mass is 260 g/mol. The molecule has 104 valence electrons. The van der Waals surface area contributed by atoms with Crippen molar-refractivity contribution < 1.29 is 9.47 Å². The van der Waals surface area contributed by atoms with Crippen LogP contribution in [0, 0.1) is 5.92 Å². The van der Waals surface area contributed by atoms with Crippen LogP contribution in [0.25, 0.3) is 0 Å². The zero-order valence-electron chi connectivity index (χ0n) is 12.5. The smallest absolute Gasteiger partial charge is 0.248 e. The second-order valence-electron chi connectivity index (χ2n) is 6.99. The fourth-order valence-corrected chi connectivity index (χ4v) is 2.66. The summed E-state index contributed by atoms with van der Waals surface area (Å²) >= 11 is 0. The molecule has 2 nitrogen and oxygen atoms in total. The van der Waals surface area contributed by atoms with Crippen molar-refractivity contribution in [3.63, 3.8) is 0 Å². The van der Waals surface area contributed by atoms with Gasteiger partial charge in [0.2, 0.25) is 5.79 Å². The van der Waals surface area contributed by atoms with E-state index in [0.29, 0.717) is 11.3 Å². The Bertz CT molecular complexity index is 488. The third kappa shape index (κ3) is 2.45. The van der Waals surface area contributed by atoms with Crippen LogP contribution in [0.3, 0.4) is 0 Å². The van der Waals surface area contributed by atoms with E-state index in [0.717, 1.165) is 24.3 Å². The van der Waals surface area contributed by atoms with Gasteiger partial charge < -0.3 is 9.47 Å². The molecule has 1 atom stereocenters. The van der Waals surface area contributed by atoms with Crippen molar-refractivity contribution in [2.24, 2.45) is 5.92 Å². The molecule has 1 heterocycles. The highest BCUT2D eigenvalue weighted by atomic mass is 16.7. The third-order valence-electron chi connectivity index (χ3n) is 4.47. The predicted octanol–water partition coefficient (Wildman–Crippen LogP) is 4.66. The first kappa shape index (κ1) is 12.8. The lowest BCUT2D eigenvalue weighted by Gasteiger charge is -2.23. The molecule has 1 aromatic carbocycles. The number of fused-ring (bicyclic) bond motifs is 1. The van der Waals surface area contributed by atoms with Crippen molar-refractivity contribution in [3.8, 4) is 11.5 Å². The molecule has 0 spiro atoms. The standard InChI is InChI=1S/C17H24O2/c1-12(2)7-8-17(4)18-14-6-5-13(11-15(14)19-17)16(3)9-10-16/h5-6,11-12H,7-10H2,1-4H3. The fraction of sp³-hybridized carbons (Fsp3) is 0.647. The molecule has 0 radical (unpaired) electrons. The minimum Gasteiger partial charge on any atom is -0.449 e. The van der Waals surface area contributed by atoms with E-state index in [4.69, 9.17) is 9.47 Å². The number of rotatable bonds is 4. The van der Waals surface area contributed by atoms with Gasteiger partial charge in [-0.2, -0.15) is 0 Å². The second kappa shape index (κ2) is 4.16. The van der Waals surface area contributed by atoms with E-state index < -0.39 is 5.79 Å². The number of ether oxygens (including phenoxy) is 2. The SMILES string of the molecule is CC(C)CCC1(C)Oc2ccc(C3(C)CC3)cc2O1. The largest absolute Gasteiger partial charge is 0.449 e. The van der Waals surface area contributed by atoms with Crippen molar-refractivity contribution in [1.82, 2.24) is 0 Å². The van der Waals surface area contributed by atoms with Gasteiger partial charge >= 0.3 is 0 Å². The zero-order valence-corrected chi connectivity index (χ0v) is 12.5. The highest BCUT2D eigenvalue weighted by Gasteiger charge is 2.42. The quantitative estimate of drug-likeness (QED) is 0.783. The summed E-state index contributed by atoms with van der Waals surface area (Å²) in [4.78, 5) is 0. The highest BCUT2D eigenvalue weighted by Crippen LogP contribution is 2.51. The summed E-state index contributed by atoms with van der Waals surface area (Å²) in [6.45, 7) is 8.84. The van der Waals surface area contributed by atoms with Crippen molar-refractivity contribution in [2.75, 3.05) is 0 Å². The lowest BCUT2D eigenvalue weighted by molar-refractivity contribution is -0.0713. The molecule has 1 aromatic rings. The second-order valence-corrected chi connectivity index (χ2v) is 6.99. The van der Waals surface area contributed by atoms with Crippen LogP contribution in [-0.2, 0) is 5.41 Å². The molecule has 3 rings (SSSR count). The molecule has 1 aliphatic carbocycles. The molecule has 0 amide bonds. The Labute approximate surface area is 116 Å². The van der Waals surface area contributed by atoms with Crippen molar-refractivity contribution in [2.45, 2.75) is 64.6 Å². The van der Waals surface area contributed by atoms with Crippen LogP contribution in [0.4, 0.5) is 0 Å². The van der Waals surface area contributed by atoms with Crippen LogP contribution in [-0.4, -0.2) is 5.79 Å². The Hall–Kier alpha value is -1.18. The zero-order chi connectivity index (χ0) is 13.7. The van der Waals surface area contributed by atoms with E-state index in [1.165, 1.54) is 18.4 Å². The van der Waals surface area contributed by atoms with Gasteiger partial charge in [-0.15, -0.1) is 0 Å². The topological polar surface area (TPSA) is 18.5 Å². The maximum Gasteiger partial charge on any atom is 0.248 e. The Morgan fingerprint density at radius 2 is 1.79 bits per heavy atom. The van der Waals surface area contributed by atoms with Crippen LogP contribution in [0.15, 0.2) is 18.2 Å². The Balaban J connectivity index is 1.76. The van der Waals surface area contributed by atoms with Gasteiger partial charge in [0.1, 0.15) is 0 Å². The molecule has 1 fully saturated rings. The summed E-state index contributed by atoms with van der Waals surface area (Å²) in [5.74, 6) is 2.03. The number of hydrogen-bond donors (Lipinski definition) is 0. The van der Waals surface area contributed by atoms with E-state index in [-0.39, 0.29) is 0 Å². The van der Waals surface area contributed by atoms with Crippen molar-refractivity contribution in [3.05, 3.63) is 23.8 Å². The minimum absolute atomic E-state index is 0.384. The normalized spacial score (nSPS) is 26.8. The Kier molecular flexibility index (Phi) is 2.81. The molecule has 0 bridgehead atoms. The summed E-state index contributed by atoms with van der Waals surface area (Å²) in [6, 6.07) is 6.46. The fourth-order valence-electron chi connectivity index (χ4n) is 2.66. The molecule has 2 heteroatoms. The maximum absolute atomic E-state index is 6.09. The van der Waals surface area contributed by atoms with Gasteiger partial charge in [0.25, 0.3) is 0 Å². The summed E-state index contributed by atoms with van der Waals surface area (Å²) < 4.78 is 12.1. The van der Waals surface area contributed by atoms with Gasteiger partial charge in [-0.3, -0.25) is 0 Å². The van der Waals surface area contributed by atoms with Crippen LogP contribution in [0.2, 0.25) is 0 Å². The van der Waals surface area contributed by atoms with Crippen LogP contribution < -0.4 is 9.47 Å². The van der Waals surface area contributed by atoms with E-state index in [1.54, 1.807) is 0 Å². The summed E-state index contributed by atoms with van der Waals surface area (Å²) in [6.07, 6.45) is 4.63. The molecule has 0 saturated heterocycles. The Morgan fingerprint density at radius 3 is 2.42 bits per heavy atom. The van der Waals surface area contributed by atoms with Gasteiger partial charge in [0.05, 0.1) is 0 Å². The molecular formula is C17H24O2. The molecule has 0 aromatic heterocycles. The molecule has 0 N–H and O–H groups in total. The predicted molar refractivity (Wildman–Crippen MR) is 76.8 cm³/mol. The molecule has 2 aliphatic rings. The van der Waals surface area contributed by atoms with Crippen LogP contribution in [0.1, 0.15) is 58.9 Å². The minimum atomic E-state index is -0.477. The first-order valence-corrected chi connectivity index (χ1v) is 7.43. The lowest BCUT2D eigenvalue weighted by Crippen LogP contribution is -2.34. The maximum atomic E-state index is 6.09. The van der Waals surface area contributed by atoms with Crippen LogP contribution >= 0.6 is 0 Å². The summed E-state index contributed by atoms with van der Waals surface area (Å²) in [7, 11) is 0. The van der Waals surface area contributed by atoms with Gasteiger partial charge in [-0.25, -0.2) is 0 Å². The molecule has 1 aliphatic heterocycles. The molecule has 19 heavy (non-hydrogen) atoms. The molecule has 1 unspecified atom stereocenters. The molecule has 1 saturated carbocycles. The number of benzene rings is 1. The Morgan fingerprint density at radius 1 is 1.11 bits per heavy atom. The first-order chi connectivity index (χ1) is 8.90. The first-order valence-electron chi connectivity index (χ1n) is 7.43. The average Bonchev–Trinajstić information content (AvgIpc) is 2.99. The van der Waals surface area contributed by atoms with E-state index in [1.807, 2.05) is 6.92 Å². The molecular weight excluding hydrogens is 236 g/mol. The highest BCUT2D eigenvalue weighted by molar-refractivity contribution is 5.48. The van der Waals surface area contributed by atoms with Crippen molar-refractivity contribution >= 4 is 0 Å². The van der Waals surface area contributed by atoms with Gasteiger partial charge in [0, 0.05) is 13.3 Å². The van der Waals surface area contributed by atoms with Crippen molar-refractivity contribution in [1.29, 1.82) is 0 Å². The van der Waals surface area contributed by atoms with Crippen LogP contribution in [0.5, 0.6) is 11.5 Å². The van der Waals surface area contributed by atoms with Gasteiger partial charge in [-0.05, 0) is 48.3 Å². The van der Waals surface area contributed by atoms with E-state index in [9.17, 15) is 0 Å². The van der Waals surface area contributed by atoms with E-state index in [2.05, 4.69) is 39.0 Å². The van der Waals surface area contributed by atoms with Gasteiger partial charge in [0.15, 0.2) is 11.5 Å². The average molecular weight is 260 g/mol. The third-order valence-corrected chi connectivity index (χ3v) is 4.47. The summed E-state index contributed by atoms with van der Waals surface area (Å²) in [5.41, 5.74) is 1.78. The van der Waals surface area contributed by atoms with E-state index >= 15 is 0 Å². The summed E-state index contributed by atoms with van der Waals surface area (Å²) in [5, 5.41) is 0.